The van der Waals surface area contributed by atoms with Gasteiger partial charge in [-0.15, -0.1) is 0 Å². The quantitative estimate of drug-likeness (QED) is 0.691. The SMILES string of the molecule is CN1CCN(c2ccc(N)c(N)c2F)CC1. The summed E-state index contributed by atoms with van der Waals surface area (Å²) in [5, 5.41) is 0. The molecule has 0 atom stereocenters. The van der Waals surface area contributed by atoms with Crippen molar-refractivity contribution in [2.75, 3.05) is 49.6 Å². The monoisotopic (exact) mass is 224 g/mol. The molecule has 0 saturated carbocycles. The first-order valence-corrected chi connectivity index (χ1v) is 5.36. The van der Waals surface area contributed by atoms with E-state index in [-0.39, 0.29) is 5.69 Å². The van der Waals surface area contributed by atoms with E-state index in [1.54, 1.807) is 12.1 Å². The molecule has 1 aromatic rings. The highest BCUT2D eigenvalue weighted by molar-refractivity contribution is 5.71. The summed E-state index contributed by atoms with van der Waals surface area (Å²) in [6.45, 7) is 3.50. The molecule has 0 unspecified atom stereocenters. The molecule has 0 spiro atoms. The second-order valence-corrected chi connectivity index (χ2v) is 4.19. The van der Waals surface area contributed by atoms with Gasteiger partial charge >= 0.3 is 0 Å². The van der Waals surface area contributed by atoms with Crippen molar-refractivity contribution in [1.82, 2.24) is 4.90 Å². The van der Waals surface area contributed by atoms with Crippen molar-refractivity contribution in [3.63, 3.8) is 0 Å². The van der Waals surface area contributed by atoms with Gasteiger partial charge in [0.15, 0.2) is 5.82 Å². The number of nitrogens with zero attached hydrogens (tertiary/aromatic N) is 2. The molecule has 1 fully saturated rings. The Bertz CT molecular complexity index is 386. The van der Waals surface area contributed by atoms with Crippen LogP contribution in [0.15, 0.2) is 12.1 Å². The molecule has 1 heterocycles. The first-order chi connectivity index (χ1) is 7.59. The number of likely N-dealkylation sites (N-methyl/N-ethyl adjacent to an activating group) is 1. The van der Waals surface area contributed by atoms with E-state index in [4.69, 9.17) is 11.5 Å². The van der Waals surface area contributed by atoms with Gasteiger partial charge in [-0.2, -0.15) is 0 Å². The van der Waals surface area contributed by atoms with Gasteiger partial charge in [-0.1, -0.05) is 0 Å². The summed E-state index contributed by atoms with van der Waals surface area (Å²) in [5.41, 5.74) is 12.0. The van der Waals surface area contributed by atoms with Gasteiger partial charge in [0.1, 0.15) is 0 Å². The van der Waals surface area contributed by atoms with Crippen molar-refractivity contribution in [1.29, 1.82) is 0 Å². The van der Waals surface area contributed by atoms with Crippen LogP contribution < -0.4 is 16.4 Å². The minimum absolute atomic E-state index is 0.0522. The maximum absolute atomic E-state index is 13.9. The summed E-state index contributed by atoms with van der Waals surface area (Å²) in [6, 6.07) is 3.36. The van der Waals surface area contributed by atoms with E-state index in [9.17, 15) is 4.39 Å². The van der Waals surface area contributed by atoms with E-state index in [0.29, 0.717) is 11.4 Å². The van der Waals surface area contributed by atoms with E-state index in [2.05, 4.69) is 11.9 Å². The zero-order valence-corrected chi connectivity index (χ0v) is 9.41. The Balaban J connectivity index is 2.24. The summed E-state index contributed by atoms with van der Waals surface area (Å²) < 4.78 is 13.9. The number of nitrogens with two attached hydrogens (primary N) is 2. The number of piperazine rings is 1. The fraction of sp³-hybridized carbons (Fsp3) is 0.455. The van der Waals surface area contributed by atoms with Crippen LogP contribution >= 0.6 is 0 Å². The lowest BCUT2D eigenvalue weighted by Gasteiger charge is -2.34. The van der Waals surface area contributed by atoms with Crippen LogP contribution in [0.2, 0.25) is 0 Å². The molecule has 4 N–H and O–H groups in total. The largest absolute Gasteiger partial charge is 0.397 e. The first-order valence-electron chi connectivity index (χ1n) is 5.36. The van der Waals surface area contributed by atoms with Crippen molar-refractivity contribution in [2.24, 2.45) is 0 Å². The minimum Gasteiger partial charge on any atom is -0.397 e. The Morgan fingerprint density at radius 1 is 1.12 bits per heavy atom. The van der Waals surface area contributed by atoms with Gasteiger partial charge in [0.05, 0.1) is 17.1 Å². The minimum atomic E-state index is -0.399. The van der Waals surface area contributed by atoms with Crippen molar-refractivity contribution in [3.8, 4) is 0 Å². The molecular formula is C11H17FN4. The number of benzene rings is 1. The van der Waals surface area contributed by atoms with Crippen molar-refractivity contribution in [2.45, 2.75) is 0 Å². The van der Waals surface area contributed by atoms with Gasteiger partial charge in [-0.05, 0) is 19.2 Å². The molecule has 1 saturated heterocycles. The molecule has 0 aliphatic carbocycles. The highest BCUT2D eigenvalue weighted by Gasteiger charge is 2.19. The van der Waals surface area contributed by atoms with Crippen LogP contribution in [0.25, 0.3) is 0 Å². The third-order valence-corrected chi connectivity index (χ3v) is 3.04. The van der Waals surface area contributed by atoms with Crippen LogP contribution in [0.3, 0.4) is 0 Å². The number of hydrogen-bond acceptors (Lipinski definition) is 4. The lowest BCUT2D eigenvalue weighted by atomic mass is 10.2. The second-order valence-electron chi connectivity index (χ2n) is 4.19. The van der Waals surface area contributed by atoms with E-state index in [0.717, 1.165) is 26.2 Å². The van der Waals surface area contributed by atoms with E-state index < -0.39 is 5.82 Å². The molecule has 1 aliphatic rings. The molecule has 88 valence electrons. The van der Waals surface area contributed by atoms with Crippen LogP contribution in [-0.2, 0) is 0 Å². The fourth-order valence-corrected chi connectivity index (χ4v) is 1.89. The maximum atomic E-state index is 13.9. The molecule has 1 aromatic carbocycles. The third kappa shape index (κ3) is 1.90. The van der Waals surface area contributed by atoms with Crippen LogP contribution in [0.4, 0.5) is 21.5 Å². The highest BCUT2D eigenvalue weighted by atomic mass is 19.1. The zero-order chi connectivity index (χ0) is 11.7. The number of halogens is 1. The number of hydrogen-bond donors (Lipinski definition) is 2. The first kappa shape index (κ1) is 11.0. The third-order valence-electron chi connectivity index (χ3n) is 3.04. The van der Waals surface area contributed by atoms with Gasteiger partial charge in [0, 0.05) is 26.2 Å². The van der Waals surface area contributed by atoms with Gasteiger partial charge in [-0.3, -0.25) is 0 Å². The summed E-state index contributed by atoms with van der Waals surface area (Å²) in [4.78, 5) is 4.22. The molecule has 2 rings (SSSR count). The van der Waals surface area contributed by atoms with Gasteiger partial charge < -0.3 is 21.3 Å². The van der Waals surface area contributed by atoms with Crippen molar-refractivity contribution >= 4 is 17.1 Å². The topological polar surface area (TPSA) is 58.5 Å². The average molecular weight is 224 g/mol. The van der Waals surface area contributed by atoms with Crippen LogP contribution in [0, 0.1) is 5.82 Å². The highest BCUT2D eigenvalue weighted by Crippen LogP contribution is 2.29. The van der Waals surface area contributed by atoms with Gasteiger partial charge in [0.25, 0.3) is 0 Å². The second kappa shape index (κ2) is 4.17. The molecule has 0 aromatic heterocycles. The smallest absolute Gasteiger partial charge is 0.171 e. The fourth-order valence-electron chi connectivity index (χ4n) is 1.89. The number of anilines is 3. The molecule has 1 aliphatic heterocycles. The Morgan fingerprint density at radius 2 is 1.75 bits per heavy atom. The van der Waals surface area contributed by atoms with Crippen molar-refractivity contribution in [3.05, 3.63) is 17.9 Å². The van der Waals surface area contributed by atoms with Crippen LogP contribution in [0.5, 0.6) is 0 Å². The lowest BCUT2D eigenvalue weighted by molar-refractivity contribution is 0.312. The van der Waals surface area contributed by atoms with Crippen LogP contribution in [0.1, 0.15) is 0 Å². The normalized spacial score (nSPS) is 17.8. The van der Waals surface area contributed by atoms with E-state index in [1.807, 2.05) is 4.90 Å². The summed E-state index contributed by atoms with van der Waals surface area (Å²) >= 11 is 0. The predicted molar refractivity (Wildman–Crippen MR) is 64.9 cm³/mol. The summed E-state index contributed by atoms with van der Waals surface area (Å²) in [7, 11) is 2.06. The van der Waals surface area contributed by atoms with Crippen molar-refractivity contribution < 1.29 is 4.39 Å². The van der Waals surface area contributed by atoms with E-state index in [1.165, 1.54) is 0 Å². The standard InChI is InChI=1S/C11H17FN4/c1-15-4-6-16(7-5-15)9-3-2-8(13)11(14)10(9)12/h2-3H,4-7,13-14H2,1H3. The molecule has 5 heteroatoms. The molecule has 0 radical (unpaired) electrons. The molecule has 0 bridgehead atoms. The molecule has 0 amide bonds. The molecule has 4 nitrogen and oxygen atoms in total. The predicted octanol–water partition coefficient (Wildman–Crippen LogP) is 0.742. The number of nitrogen functional groups attached to an aromatic ring is 2. The zero-order valence-electron chi connectivity index (χ0n) is 9.41. The Morgan fingerprint density at radius 3 is 2.38 bits per heavy atom. The van der Waals surface area contributed by atoms with Crippen LogP contribution in [-0.4, -0.2) is 38.1 Å². The molecule has 16 heavy (non-hydrogen) atoms. The maximum Gasteiger partial charge on any atom is 0.171 e. The number of rotatable bonds is 1. The summed E-state index contributed by atoms with van der Waals surface area (Å²) in [5.74, 6) is -0.399. The van der Waals surface area contributed by atoms with Gasteiger partial charge in [0.2, 0.25) is 0 Å². The van der Waals surface area contributed by atoms with Gasteiger partial charge in [-0.25, -0.2) is 4.39 Å². The summed E-state index contributed by atoms with van der Waals surface area (Å²) in [6.07, 6.45) is 0. The van der Waals surface area contributed by atoms with E-state index >= 15 is 0 Å². The Hall–Kier alpha value is -1.49. The Labute approximate surface area is 94.6 Å². The lowest BCUT2D eigenvalue weighted by Crippen LogP contribution is -2.44. The molecular weight excluding hydrogens is 207 g/mol. The Kier molecular flexibility index (Phi) is 2.87. The average Bonchev–Trinajstić information content (AvgIpc) is 2.28.